The Morgan fingerprint density at radius 2 is 1.68 bits per heavy atom. The largest absolute Gasteiger partial charge is 0.378 e. The van der Waals surface area contributed by atoms with Crippen LogP contribution in [0.25, 0.3) is 11.1 Å². The Hall–Kier alpha value is -4.03. The van der Waals surface area contributed by atoms with Crippen LogP contribution in [0.2, 0.25) is 0 Å². The fourth-order valence-corrected chi connectivity index (χ4v) is 5.95. The molecule has 1 aromatic heterocycles. The van der Waals surface area contributed by atoms with Gasteiger partial charge in [0.2, 0.25) is 0 Å². The van der Waals surface area contributed by atoms with E-state index < -0.39 is 12.0 Å². The van der Waals surface area contributed by atoms with Gasteiger partial charge in [-0.2, -0.15) is 0 Å². The second-order valence-corrected chi connectivity index (χ2v) is 12.5. The Morgan fingerprint density at radius 3 is 2.39 bits per heavy atom. The van der Waals surface area contributed by atoms with E-state index in [9.17, 15) is 14.7 Å². The van der Waals surface area contributed by atoms with Crippen LogP contribution < -0.4 is 5.56 Å². The van der Waals surface area contributed by atoms with E-state index in [1.165, 1.54) is 11.1 Å². The number of nitrogens with one attached hydrogen (secondary N) is 1. The minimum absolute atomic E-state index is 0.0143. The van der Waals surface area contributed by atoms with Crippen LogP contribution in [0.4, 0.5) is 0 Å². The Bertz CT molecular complexity index is 1650. The zero-order chi connectivity index (χ0) is 28.8. The van der Waals surface area contributed by atoms with Gasteiger partial charge in [-0.05, 0) is 65.0 Å². The van der Waals surface area contributed by atoms with Gasteiger partial charge in [0, 0.05) is 6.54 Å². The first-order valence-electron chi connectivity index (χ1n) is 14.5. The maximum atomic E-state index is 13.6. The highest BCUT2D eigenvalue weighted by Gasteiger charge is 2.48. The highest BCUT2D eigenvalue weighted by molar-refractivity contribution is 5.83. The number of H-pyrrole nitrogens is 1. The summed E-state index contributed by atoms with van der Waals surface area (Å²) in [6, 6.07) is 26.1. The monoisotopic (exact) mass is 547 g/mol. The Labute approximate surface area is 241 Å². The van der Waals surface area contributed by atoms with Crippen molar-refractivity contribution in [3.8, 4) is 11.1 Å². The quantitative estimate of drug-likeness (QED) is 0.330. The molecule has 4 aromatic rings. The molecule has 1 atom stereocenters. The first kappa shape index (κ1) is 27.2. The van der Waals surface area contributed by atoms with Crippen molar-refractivity contribution >= 4 is 5.91 Å². The zero-order valence-electron chi connectivity index (χ0n) is 24.0. The Balaban J connectivity index is 1.24. The van der Waals surface area contributed by atoms with Crippen LogP contribution in [0.5, 0.6) is 0 Å². The molecule has 2 aliphatic rings. The molecule has 0 saturated heterocycles. The number of fused-ring (bicyclic) bond motifs is 1. The molecule has 41 heavy (non-hydrogen) atoms. The molecule has 3 aromatic carbocycles. The smallest absolute Gasteiger partial charge is 0.256 e. The number of aryl methyl sites for hydroxylation is 1. The molecule has 6 nitrogen and oxygen atoms in total. The highest BCUT2D eigenvalue weighted by Crippen LogP contribution is 2.52. The molecule has 210 valence electrons. The second-order valence-electron chi connectivity index (χ2n) is 12.5. The molecular weight excluding hydrogens is 510 g/mol. The lowest BCUT2D eigenvalue weighted by atomic mass is 9.85. The van der Waals surface area contributed by atoms with E-state index in [2.05, 4.69) is 50.0 Å². The molecule has 0 bridgehead atoms. The molecule has 1 aliphatic carbocycles. The molecule has 1 amide bonds. The summed E-state index contributed by atoms with van der Waals surface area (Å²) in [5.74, 6) is 0.324. The fraction of sp³-hybridized carbons (Fsp3) is 0.343. The van der Waals surface area contributed by atoms with E-state index in [-0.39, 0.29) is 22.9 Å². The fourth-order valence-electron chi connectivity index (χ4n) is 5.95. The van der Waals surface area contributed by atoms with Crippen molar-refractivity contribution in [3.63, 3.8) is 0 Å². The minimum atomic E-state index is -1.32. The lowest BCUT2D eigenvalue weighted by molar-refractivity contribution is -0.141. The molecule has 6 rings (SSSR count). The molecule has 1 saturated carbocycles. The van der Waals surface area contributed by atoms with E-state index in [4.69, 9.17) is 4.98 Å². The molecule has 0 spiro atoms. The number of aliphatic hydroxyl groups is 1. The van der Waals surface area contributed by atoms with E-state index >= 15 is 0 Å². The number of benzene rings is 3. The number of nitrogens with zero attached hydrogens (tertiary/aromatic N) is 2. The van der Waals surface area contributed by atoms with Gasteiger partial charge in [-0.25, -0.2) is 4.98 Å². The van der Waals surface area contributed by atoms with E-state index in [0.717, 1.165) is 35.5 Å². The van der Waals surface area contributed by atoms with Gasteiger partial charge in [0.05, 0.1) is 23.2 Å². The van der Waals surface area contributed by atoms with Crippen LogP contribution in [0.3, 0.4) is 0 Å². The van der Waals surface area contributed by atoms with E-state index in [0.29, 0.717) is 30.5 Å². The molecule has 1 unspecified atom stereocenters. The first-order valence-corrected chi connectivity index (χ1v) is 14.5. The number of aromatic nitrogens is 2. The maximum absolute atomic E-state index is 13.6. The van der Waals surface area contributed by atoms with Crippen LogP contribution in [-0.2, 0) is 28.6 Å². The number of hydrogen-bond acceptors (Lipinski definition) is 4. The van der Waals surface area contributed by atoms with Crippen molar-refractivity contribution in [2.45, 2.75) is 69.9 Å². The number of carbonyl (C=O) groups is 1. The summed E-state index contributed by atoms with van der Waals surface area (Å²) in [6.07, 6.45) is 1.89. The average Bonchev–Trinajstić information content (AvgIpc) is 3.81. The standard InChI is InChI=1S/C35H37N3O3/c1-34(2,3)27-15-8-11-24(21-27)23-10-7-12-25(20-23)30(39)32(41)38-19-9-16-29-28(22-38)31(40)37-33(36-29)35(17-18-35)26-13-5-4-6-14-26/h4-8,10-15,20-21,30,39H,9,16-19,22H2,1-3H3,(H,36,37,40). The van der Waals surface area contributed by atoms with Crippen molar-refractivity contribution in [3.05, 3.63) is 123 Å². The third kappa shape index (κ3) is 5.24. The van der Waals surface area contributed by atoms with Gasteiger partial charge in [0.25, 0.3) is 11.5 Å². The minimum Gasteiger partial charge on any atom is -0.378 e. The third-order valence-corrected chi connectivity index (χ3v) is 8.63. The summed E-state index contributed by atoms with van der Waals surface area (Å²) < 4.78 is 0. The lowest BCUT2D eigenvalue weighted by Gasteiger charge is -2.24. The highest BCUT2D eigenvalue weighted by atomic mass is 16.3. The summed E-state index contributed by atoms with van der Waals surface area (Å²) in [6.45, 7) is 7.13. The van der Waals surface area contributed by atoms with Crippen molar-refractivity contribution in [1.29, 1.82) is 0 Å². The number of hydrogen-bond donors (Lipinski definition) is 2. The summed E-state index contributed by atoms with van der Waals surface area (Å²) >= 11 is 0. The molecule has 2 N–H and O–H groups in total. The summed E-state index contributed by atoms with van der Waals surface area (Å²) in [5.41, 5.74) is 5.79. The Morgan fingerprint density at radius 1 is 0.976 bits per heavy atom. The van der Waals surface area contributed by atoms with Crippen LogP contribution in [0, 0.1) is 0 Å². The SMILES string of the molecule is CC(C)(C)c1cccc(-c2cccc(C(O)C(=O)N3CCCc4nc(C5(c6ccccc6)CC5)[nH]c(=O)c4C3)c2)c1. The molecule has 1 aliphatic heterocycles. The van der Waals surface area contributed by atoms with Gasteiger partial charge < -0.3 is 15.0 Å². The average molecular weight is 548 g/mol. The molecule has 1 fully saturated rings. The molecule has 0 radical (unpaired) electrons. The second kappa shape index (κ2) is 10.4. The van der Waals surface area contributed by atoms with E-state index in [1.807, 2.05) is 48.5 Å². The van der Waals surface area contributed by atoms with Gasteiger partial charge in [-0.15, -0.1) is 0 Å². The number of carbonyl (C=O) groups excluding carboxylic acids is 1. The van der Waals surface area contributed by atoms with Crippen molar-refractivity contribution in [2.75, 3.05) is 6.54 Å². The zero-order valence-corrected chi connectivity index (χ0v) is 24.0. The third-order valence-electron chi connectivity index (χ3n) is 8.63. The van der Waals surface area contributed by atoms with Crippen molar-refractivity contribution in [2.24, 2.45) is 0 Å². The first-order chi connectivity index (χ1) is 19.7. The molecule has 2 heterocycles. The number of rotatable bonds is 5. The number of aromatic amines is 1. The lowest BCUT2D eigenvalue weighted by Crippen LogP contribution is -2.36. The van der Waals surface area contributed by atoms with Crippen LogP contribution in [0.15, 0.2) is 83.7 Å². The van der Waals surface area contributed by atoms with Crippen LogP contribution >= 0.6 is 0 Å². The molecular formula is C35H37N3O3. The molecule has 6 heteroatoms. The predicted molar refractivity (Wildman–Crippen MR) is 161 cm³/mol. The van der Waals surface area contributed by atoms with Gasteiger partial charge in [-0.1, -0.05) is 93.6 Å². The summed E-state index contributed by atoms with van der Waals surface area (Å²) in [5, 5.41) is 11.2. The van der Waals surface area contributed by atoms with Crippen LogP contribution in [-0.4, -0.2) is 32.4 Å². The van der Waals surface area contributed by atoms with Gasteiger partial charge in [-0.3, -0.25) is 9.59 Å². The number of aliphatic hydroxyl groups excluding tert-OH is 1. The van der Waals surface area contributed by atoms with Gasteiger partial charge in [0.1, 0.15) is 5.82 Å². The summed E-state index contributed by atoms with van der Waals surface area (Å²) in [7, 11) is 0. The van der Waals surface area contributed by atoms with Crippen LogP contribution in [0.1, 0.15) is 79.9 Å². The van der Waals surface area contributed by atoms with Gasteiger partial charge >= 0.3 is 0 Å². The Kier molecular flexibility index (Phi) is 6.90. The number of amides is 1. The van der Waals surface area contributed by atoms with E-state index in [1.54, 1.807) is 11.0 Å². The predicted octanol–water partition coefficient (Wildman–Crippen LogP) is 5.82. The van der Waals surface area contributed by atoms with Crippen molar-refractivity contribution in [1.82, 2.24) is 14.9 Å². The summed E-state index contributed by atoms with van der Waals surface area (Å²) in [4.78, 5) is 36.5. The normalized spacial score (nSPS) is 16.9. The maximum Gasteiger partial charge on any atom is 0.256 e. The topological polar surface area (TPSA) is 86.3 Å². The van der Waals surface area contributed by atoms with Gasteiger partial charge in [0.15, 0.2) is 6.10 Å². The van der Waals surface area contributed by atoms with Crippen molar-refractivity contribution < 1.29 is 9.90 Å².